The molecular weight excluding hydrogens is 226 g/mol. The van der Waals surface area contributed by atoms with Gasteiger partial charge in [0, 0.05) is 30.6 Å². The van der Waals surface area contributed by atoms with Gasteiger partial charge in [-0.25, -0.2) is 9.97 Å². The third kappa shape index (κ3) is 3.55. The quantitative estimate of drug-likeness (QED) is 0.767. The Morgan fingerprint density at radius 3 is 2.89 bits per heavy atom. The van der Waals surface area contributed by atoms with Crippen LogP contribution in [0.1, 0.15) is 37.7 Å². The van der Waals surface area contributed by atoms with Crippen LogP contribution in [0.2, 0.25) is 0 Å². The van der Waals surface area contributed by atoms with Crippen LogP contribution in [-0.2, 0) is 6.42 Å². The Morgan fingerprint density at radius 2 is 2.17 bits per heavy atom. The normalized spacial score (nSPS) is 10.8. The van der Waals surface area contributed by atoms with E-state index in [-0.39, 0.29) is 0 Å². The van der Waals surface area contributed by atoms with E-state index < -0.39 is 0 Å². The summed E-state index contributed by atoms with van der Waals surface area (Å²) in [5, 5.41) is 10.2. The third-order valence-electron chi connectivity index (χ3n) is 2.68. The van der Waals surface area contributed by atoms with Crippen LogP contribution in [0.3, 0.4) is 0 Å². The molecular formula is C13H19N5. The molecule has 0 saturated carbocycles. The van der Waals surface area contributed by atoms with E-state index in [9.17, 15) is 0 Å². The highest BCUT2D eigenvalue weighted by atomic mass is 15.1. The van der Waals surface area contributed by atoms with Crippen LogP contribution >= 0.6 is 0 Å². The lowest BCUT2D eigenvalue weighted by atomic mass is 10.2. The zero-order valence-electron chi connectivity index (χ0n) is 10.8. The molecule has 2 heterocycles. The minimum atomic E-state index is 0.358. The molecule has 0 spiro atoms. The first-order valence-corrected chi connectivity index (χ1v) is 6.31. The summed E-state index contributed by atoms with van der Waals surface area (Å²) >= 11 is 0. The Kier molecular flexibility index (Phi) is 4.28. The summed E-state index contributed by atoms with van der Waals surface area (Å²) in [6, 6.07) is 3.91. The van der Waals surface area contributed by atoms with E-state index >= 15 is 0 Å². The summed E-state index contributed by atoms with van der Waals surface area (Å²) in [5.41, 5.74) is 1.17. The first kappa shape index (κ1) is 12.5. The van der Waals surface area contributed by atoms with Crippen LogP contribution in [0.15, 0.2) is 24.5 Å². The maximum absolute atomic E-state index is 4.46. The van der Waals surface area contributed by atoms with Gasteiger partial charge in [-0.1, -0.05) is 13.8 Å². The second-order valence-electron chi connectivity index (χ2n) is 4.57. The Balaban J connectivity index is 1.78. The van der Waals surface area contributed by atoms with E-state index in [1.807, 2.05) is 12.1 Å². The van der Waals surface area contributed by atoms with E-state index in [1.54, 1.807) is 12.4 Å². The van der Waals surface area contributed by atoms with Gasteiger partial charge in [0.15, 0.2) is 0 Å². The first-order chi connectivity index (χ1) is 8.75. The van der Waals surface area contributed by atoms with Crippen LogP contribution in [0.4, 0.5) is 5.82 Å². The average molecular weight is 245 g/mol. The minimum Gasteiger partial charge on any atom is -0.370 e. The molecule has 0 aliphatic carbocycles. The maximum Gasteiger partial charge on any atom is 0.133 e. The number of aryl methyl sites for hydroxylation is 1. The summed E-state index contributed by atoms with van der Waals surface area (Å²) in [5.74, 6) is 2.14. The summed E-state index contributed by atoms with van der Waals surface area (Å²) in [4.78, 5) is 8.71. The van der Waals surface area contributed by atoms with Gasteiger partial charge in [0.05, 0.1) is 0 Å². The van der Waals surface area contributed by atoms with E-state index in [2.05, 4.69) is 39.3 Å². The largest absolute Gasteiger partial charge is 0.370 e. The zero-order chi connectivity index (χ0) is 12.8. The SMILES string of the molecule is CC(C)c1nccc(NCCCc2ccn[nH]2)n1. The van der Waals surface area contributed by atoms with Crippen molar-refractivity contribution in [3.8, 4) is 0 Å². The molecule has 0 aliphatic heterocycles. The van der Waals surface area contributed by atoms with Crippen LogP contribution in [0.5, 0.6) is 0 Å². The molecule has 0 unspecified atom stereocenters. The molecule has 96 valence electrons. The lowest BCUT2D eigenvalue weighted by molar-refractivity contribution is 0.770. The van der Waals surface area contributed by atoms with Gasteiger partial charge in [0.2, 0.25) is 0 Å². The molecule has 0 radical (unpaired) electrons. The molecule has 0 aliphatic rings. The Labute approximate surface area is 107 Å². The highest BCUT2D eigenvalue weighted by Crippen LogP contribution is 2.10. The molecule has 0 bridgehead atoms. The fourth-order valence-electron chi connectivity index (χ4n) is 1.67. The second kappa shape index (κ2) is 6.14. The van der Waals surface area contributed by atoms with Crippen molar-refractivity contribution in [2.45, 2.75) is 32.6 Å². The molecule has 2 aromatic heterocycles. The average Bonchev–Trinajstić information content (AvgIpc) is 2.88. The Bertz CT molecular complexity index is 464. The number of hydrogen-bond acceptors (Lipinski definition) is 4. The summed E-state index contributed by atoms with van der Waals surface area (Å²) < 4.78 is 0. The number of aromatic amines is 1. The first-order valence-electron chi connectivity index (χ1n) is 6.31. The summed E-state index contributed by atoms with van der Waals surface area (Å²) in [7, 11) is 0. The zero-order valence-corrected chi connectivity index (χ0v) is 10.8. The highest BCUT2D eigenvalue weighted by Gasteiger charge is 2.03. The molecule has 0 fully saturated rings. The van der Waals surface area contributed by atoms with Crippen molar-refractivity contribution in [3.63, 3.8) is 0 Å². The molecule has 0 atom stereocenters. The van der Waals surface area contributed by atoms with Crippen molar-refractivity contribution in [1.82, 2.24) is 20.2 Å². The molecule has 18 heavy (non-hydrogen) atoms. The van der Waals surface area contributed by atoms with Gasteiger partial charge >= 0.3 is 0 Å². The summed E-state index contributed by atoms with van der Waals surface area (Å²) in [6.07, 6.45) is 5.62. The van der Waals surface area contributed by atoms with Crippen molar-refractivity contribution < 1.29 is 0 Å². The van der Waals surface area contributed by atoms with Gasteiger partial charge < -0.3 is 5.32 Å². The fraction of sp³-hybridized carbons (Fsp3) is 0.462. The van der Waals surface area contributed by atoms with Gasteiger partial charge in [0.25, 0.3) is 0 Å². The van der Waals surface area contributed by atoms with E-state index in [0.717, 1.165) is 31.0 Å². The topological polar surface area (TPSA) is 66.5 Å². The van der Waals surface area contributed by atoms with E-state index in [0.29, 0.717) is 5.92 Å². The lowest BCUT2D eigenvalue weighted by Crippen LogP contribution is -2.07. The molecule has 2 aromatic rings. The van der Waals surface area contributed by atoms with Crippen LogP contribution < -0.4 is 5.32 Å². The fourth-order valence-corrected chi connectivity index (χ4v) is 1.67. The molecule has 5 nitrogen and oxygen atoms in total. The smallest absolute Gasteiger partial charge is 0.133 e. The Hall–Kier alpha value is -1.91. The van der Waals surface area contributed by atoms with Gasteiger partial charge in [-0.2, -0.15) is 5.10 Å². The van der Waals surface area contributed by atoms with E-state index in [4.69, 9.17) is 0 Å². The number of H-pyrrole nitrogens is 1. The van der Waals surface area contributed by atoms with Gasteiger partial charge in [-0.3, -0.25) is 5.10 Å². The van der Waals surface area contributed by atoms with Crippen molar-refractivity contribution >= 4 is 5.82 Å². The van der Waals surface area contributed by atoms with Gasteiger partial charge in [0.1, 0.15) is 11.6 Å². The standard InChI is InChI=1S/C13H19N5/c1-10(2)13-15-8-6-12(17-13)14-7-3-4-11-5-9-16-18-11/h5-6,8-10H,3-4,7H2,1-2H3,(H,16,18)(H,14,15,17). The number of rotatable bonds is 6. The molecule has 2 N–H and O–H groups in total. The predicted molar refractivity (Wildman–Crippen MR) is 71.5 cm³/mol. The van der Waals surface area contributed by atoms with Crippen molar-refractivity contribution in [3.05, 3.63) is 36.0 Å². The number of anilines is 1. The predicted octanol–water partition coefficient (Wildman–Crippen LogP) is 2.37. The van der Waals surface area contributed by atoms with Crippen LogP contribution in [0.25, 0.3) is 0 Å². The van der Waals surface area contributed by atoms with Crippen molar-refractivity contribution in [2.75, 3.05) is 11.9 Å². The Morgan fingerprint density at radius 1 is 1.28 bits per heavy atom. The van der Waals surface area contributed by atoms with Crippen LogP contribution in [-0.4, -0.2) is 26.7 Å². The third-order valence-corrected chi connectivity index (χ3v) is 2.68. The molecule has 0 aromatic carbocycles. The highest BCUT2D eigenvalue weighted by molar-refractivity contribution is 5.33. The maximum atomic E-state index is 4.46. The molecule has 0 saturated heterocycles. The molecule has 2 rings (SSSR count). The van der Waals surface area contributed by atoms with Gasteiger partial charge in [-0.15, -0.1) is 0 Å². The second-order valence-corrected chi connectivity index (χ2v) is 4.57. The molecule has 5 heteroatoms. The number of nitrogens with zero attached hydrogens (tertiary/aromatic N) is 3. The monoisotopic (exact) mass is 245 g/mol. The van der Waals surface area contributed by atoms with Crippen molar-refractivity contribution in [2.24, 2.45) is 0 Å². The number of aromatic nitrogens is 4. The lowest BCUT2D eigenvalue weighted by Gasteiger charge is -2.08. The minimum absolute atomic E-state index is 0.358. The van der Waals surface area contributed by atoms with Gasteiger partial charge in [-0.05, 0) is 25.0 Å². The number of hydrogen-bond donors (Lipinski definition) is 2. The summed E-state index contributed by atoms with van der Waals surface area (Å²) in [6.45, 7) is 5.09. The van der Waals surface area contributed by atoms with Crippen LogP contribution in [0, 0.1) is 0 Å². The van der Waals surface area contributed by atoms with Crippen molar-refractivity contribution in [1.29, 1.82) is 0 Å². The number of nitrogens with one attached hydrogen (secondary N) is 2. The molecule has 0 amide bonds. The van der Waals surface area contributed by atoms with E-state index in [1.165, 1.54) is 5.69 Å².